The topological polar surface area (TPSA) is 48.2 Å². The van der Waals surface area contributed by atoms with Crippen LogP contribution in [0.15, 0.2) is 33.9 Å². The Labute approximate surface area is 123 Å². The second-order valence-corrected chi connectivity index (χ2v) is 5.86. The van der Waals surface area contributed by atoms with Crippen LogP contribution in [0.2, 0.25) is 0 Å². The van der Waals surface area contributed by atoms with Crippen LogP contribution in [0.5, 0.6) is 5.75 Å². The number of benzene rings is 1. The third kappa shape index (κ3) is 4.56. The van der Waals surface area contributed by atoms with Crippen molar-refractivity contribution in [2.75, 3.05) is 5.75 Å². The zero-order valence-corrected chi connectivity index (χ0v) is 12.9. The van der Waals surface area contributed by atoms with E-state index in [1.807, 2.05) is 31.2 Å². The largest absolute Gasteiger partial charge is 0.484 e. The van der Waals surface area contributed by atoms with Crippen molar-refractivity contribution < 1.29 is 9.15 Å². The lowest BCUT2D eigenvalue weighted by molar-refractivity contribution is 0.252. The van der Waals surface area contributed by atoms with Crippen LogP contribution in [0.1, 0.15) is 31.7 Å². The van der Waals surface area contributed by atoms with Crippen LogP contribution in [0.25, 0.3) is 0 Å². The molecule has 0 aliphatic heterocycles. The molecule has 1 atom stereocenters. The summed E-state index contributed by atoms with van der Waals surface area (Å²) in [6.45, 7) is 6.73. The van der Waals surface area contributed by atoms with Gasteiger partial charge in [0.15, 0.2) is 6.61 Å². The smallest absolute Gasteiger partial charge is 0.276 e. The summed E-state index contributed by atoms with van der Waals surface area (Å²) in [5.74, 6) is 2.98. The highest BCUT2D eigenvalue weighted by Gasteiger charge is 2.09. The van der Waals surface area contributed by atoms with Crippen molar-refractivity contribution in [3.05, 3.63) is 35.7 Å². The predicted octanol–water partition coefficient (Wildman–Crippen LogP) is 4.10. The normalized spacial score (nSPS) is 12.3. The molecule has 1 heterocycles. The van der Waals surface area contributed by atoms with Crippen molar-refractivity contribution in [3.8, 4) is 5.75 Å². The molecule has 4 nitrogen and oxygen atoms in total. The summed E-state index contributed by atoms with van der Waals surface area (Å²) < 4.78 is 11.2. The Morgan fingerprint density at radius 1 is 1.35 bits per heavy atom. The van der Waals surface area contributed by atoms with E-state index in [1.165, 1.54) is 0 Å². The first-order chi connectivity index (χ1) is 9.67. The number of ether oxygens (including phenoxy) is 1. The number of aryl methyl sites for hydroxylation is 1. The summed E-state index contributed by atoms with van der Waals surface area (Å²) in [6, 6.07) is 7.89. The van der Waals surface area contributed by atoms with E-state index >= 15 is 0 Å². The predicted molar refractivity (Wildman–Crippen MR) is 80.0 cm³/mol. The van der Waals surface area contributed by atoms with E-state index in [0.29, 0.717) is 23.6 Å². The van der Waals surface area contributed by atoms with Gasteiger partial charge in [0.2, 0.25) is 0 Å². The highest BCUT2D eigenvalue weighted by molar-refractivity contribution is 7.99. The summed E-state index contributed by atoms with van der Waals surface area (Å²) in [7, 11) is 0. The molecular formula is C15H20N2O2S. The van der Waals surface area contributed by atoms with Crippen LogP contribution in [0, 0.1) is 12.8 Å². The molecule has 0 saturated carbocycles. The summed E-state index contributed by atoms with van der Waals surface area (Å²) in [6.07, 6.45) is 1.16. The maximum Gasteiger partial charge on any atom is 0.276 e. The molecule has 2 aromatic rings. The van der Waals surface area contributed by atoms with Gasteiger partial charge in [0.25, 0.3) is 11.1 Å². The average molecular weight is 292 g/mol. The highest BCUT2D eigenvalue weighted by atomic mass is 32.2. The van der Waals surface area contributed by atoms with Gasteiger partial charge >= 0.3 is 0 Å². The Bertz CT molecular complexity index is 542. The third-order valence-electron chi connectivity index (χ3n) is 2.99. The Morgan fingerprint density at radius 2 is 2.20 bits per heavy atom. The number of nitrogens with zero attached hydrogens (tertiary/aromatic N) is 2. The molecule has 0 unspecified atom stereocenters. The summed E-state index contributed by atoms with van der Waals surface area (Å²) in [5, 5.41) is 8.63. The summed E-state index contributed by atoms with van der Waals surface area (Å²) >= 11 is 1.60. The number of hydrogen-bond acceptors (Lipinski definition) is 5. The van der Waals surface area contributed by atoms with Crippen molar-refractivity contribution in [3.63, 3.8) is 0 Å². The molecule has 0 saturated heterocycles. The number of thioether (sulfide) groups is 1. The highest BCUT2D eigenvalue weighted by Crippen LogP contribution is 2.21. The van der Waals surface area contributed by atoms with E-state index in [4.69, 9.17) is 9.15 Å². The first-order valence-corrected chi connectivity index (χ1v) is 7.80. The second kappa shape index (κ2) is 7.33. The minimum Gasteiger partial charge on any atom is -0.484 e. The van der Waals surface area contributed by atoms with E-state index in [9.17, 15) is 0 Å². The zero-order chi connectivity index (χ0) is 14.4. The maximum absolute atomic E-state index is 5.63. The van der Waals surface area contributed by atoms with E-state index in [2.05, 4.69) is 24.0 Å². The molecule has 0 aliphatic rings. The van der Waals surface area contributed by atoms with Gasteiger partial charge in [-0.1, -0.05) is 44.2 Å². The van der Waals surface area contributed by atoms with E-state index in [0.717, 1.165) is 23.5 Å². The molecule has 1 aromatic heterocycles. The van der Waals surface area contributed by atoms with Crippen LogP contribution < -0.4 is 4.74 Å². The minimum atomic E-state index is 0.306. The lowest BCUT2D eigenvalue weighted by Crippen LogP contribution is -1.95. The fraction of sp³-hybridized carbons (Fsp3) is 0.467. The molecule has 0 amide bonds. The van der Waals surface area contributed by atoms with Gasteiger partial charge in [0.05, 0.1) is 0 Å². The first kappa shape index (κ1) is 14.9. The first-order valence-electron chi connectivity index (χ1n) is 6.82. The fourth-order valence-electron chi connectivity index (χ4n) is 1.54. The van der Waals surface area contributed by atoms with Crippen LogP contribution >= 0.6 is 11.8 Å². The minimum absolute atomic E-state index is 0.306. The van der Waals surface area contributed by atoms with Gasteiger partial charge in [-0.05, 0) is 30.5 Å². The summed E-state index contributed by atoms with van der Waals surface area (Å²) in [5.41, 5.74) is 1.16. The molecule has 0 fully saturated rings. The quantitative estimate of drug-likeness (QED) is 0.719. The number of aromatic nitrogens is 2. The molecule has 0 radical (unpaired) electrons. The van der Waals surface area contributed by atoms with Crippen molar-refractivity contribution in [2.45, 2.75) is 39.0 Å². The molecule has 0 N–H and O–H groups in total. The van der Waals surface area contributed by atoms with Gasteiger partial charge in [-0.3, -0.25) is 0 Å². The van der Waals surface area contributed by atoms with E-state index in [-0.39, 0.29) is 0 Å². The Hall–Kier alpha value is -1.49. The number of rotatable bonds is 7. The van der Waals surface area contributed by atoms with Gasteiger partial charge in [0, 0.05) is 5.75 Å². The Morgan fingerprint density at radius 3 is 2.95 bits per heavy atom. The lowest BCUT2D eigenvalue weighted by atomic mass is 10.2. The van der Waals surface area contributed by atoms with Gasteiger partial charge in [-0.15, -0.1) is 10.2 Å². The molecular weight excluding hydrogens is 272 g/mol. The van der Waals surface area contributed by atoms with Crippen molar-refractivity contribution in [2.24, 2.45) is 5.92 Å². The zero-order valence-electron chi connectivity index (χ0n) is 12.1. The van der Waals surface area contributed by atoms with Crippen LogP contribution in [0.4, 0.5) is 0 Å². The molecule has 1 aromatic carbocycles. The van der Waals surface area contributed by atoms with Gasteiger partial charge in [-0.25, -0.2) is 0 Å². The van der Waals surface area contributed by atoms with Gasteiger partial charge in [-0.2, -0.15) is 0 Å². The fourth-order valence-corrected chi connectivity index (χ4v) is 2.45. The van der Waals surface area contributed by atoms with Crippen molar-refractivity contribution in [1.29, 1.82) is 0 Å². The molecule has 5 heteroatoms. The van der Waals surface area contributed by atoms with Crippen LogP contribution in [-0.4, -0.2) is 16.0 Å². The Kier molecular flexibility index (Phi) is 5.47. The molecule has 20 heavy (non-hydrogen) atoms. The maximum atomic E-state index is 5.63. The number of hydrogen-bond donors (Lipinski definition) is 0. The standard InChI is InChI=1S/C15H20N2O2S/c1-4-11(2)10-20-15-17-16-14(19-15)9-18-13-7-5-6-12(3)8-13/h5-8,11H,4,9-10H2,1-3H3/t11-/m1/s1. The van der Waals surface area contributed by atoms with Crippen molar-refractivity contribution in [1.82, 2.24) is 10.2 Å². The SMILES string of the molecule is CC[C@@H](C)CSc1nnc(COc2cccc(C)c2)o1. The van der Waals surface area contributed by atoms with E-state index < -0.39 is 0 Å². The third-order valence-corrected chi connectivity index (χ3v) is 4.14. The Balaban J connectivity index is 1.83. The molecule has 108 valence electrons. The average Bonchev–Trinajstić information content (AvgIpc) is 2.90. The second-order valence-electron chi connectivity index (χ2n) is 4.89. The van der Waals surface area contributed by atoms with Crippen LogP contribution in [0.3, 0.4) is 0 Å². The summed E-state index contributed by atoms with van der Waals surface area (Å²) in [4.78, 5) is 0. The van der Waals surface area contributed by atoms with Crippen LogP contribution in [-0.2, 0) is 6.61 Å². The van der Waals surface area contributed by atoms with E-state index in [1.54, 1.807) is 11.8 Å². The molecule has 2 rings (SSSR count). The molecule has 0 aliphatic carbocycles. The molecule has 0 spiro atoms. The van der Waals surface area contributed by atoms with Gasteiger partial charge in [0.1, 0.15) is 5.75 Å². The lowest BCUT2D eigenvalue weighted by Gasteiger charge is -2.04. The molecule has 0 bridgehead atoms. The van der Waals surface area contributed by atoms with Crippen molar-refractivity contribution >= 4 is 11.8 Å². The monoisotopic (exact) mass is 292 g/mol. The van der Waals surface area contributed by atoms with Gasteiger partial charge < -0.3 is 9.15 Å².